The van der Waals surface area contributed by atoms with Gasteiger partial charge in [-0.3, -0.25) is 29.3 Å². The van der Waals surface area contributed by atoms with E-state index in [-0.39, 0.29) is 66.7 Å². The molecule has 344 valence electrons. The van der Waals surface area contributed by atoms with E-state index in [9.17, 15) is 14.4 Å². The second-order valence-corrected chi connectivity index (χ2v) is 20.8. The predicted octanol–water partition coefficient (Wildman–Crippen LogP) is 6.26. The number of nitrogens with one attached hydrogen (secondary N) is 2. The molecule has 3 aromatic heterocycles. The van der Waals surface area contributed by atoms with Gasteiger partial charge in [0.15, 0.2) is 0 Å². The quantitative estimate of drug-likeness (QED) is 0.168. The Balaban J connectivity index is 1.12. The fraction of sp³-hybridized carbons (Fsp3) is 0.571. The van der Waals surface area contributed by atoms with Gasteiger partial charge in [0.1, 0.15) is 12.1 Å². The number of ether oxygens (including phenoxy) is 3. The summed E-state index contributed by atoms with van der Waals surface area (Å²) in [7, 11) is 1.62. The number of thiazole rings is 1. The number of hydrogen-bond donors (Lipinski definition) is 2. The number of aryl methyl sites for hydroxylation is 1. The number of halogens is 2. The number of alkyl halides is 2. The Bertz CT molecular complexity index is 2610. The van der Waals surface area contributed by atoms with Crippen LogP contribution in [0.4, 0.5) is 8.78 Å². The molecule has 5 fully saturated rings. The molecule has 2 N–H and O–H groups in total. The molecule has 13 nitrogen and oxygen atoms in total. The van der Waals surface area contributed by atoms with Crippen LogP contribution in [0.25, 0.3) is 33.4 Å². The molecule has 2 amide bonds. The molecule has 0 radical (unpaired) electrons. The van der Waals surface area contributed by atoms with E-state index < -0.39 is 41.9 Å². The number of rotatable bonds is 6. The molecule has 16 heteroatoms. The Labute approximate surface area is 381 Å². The summed E-state index contributed by atoms with van der Waals surface area (Å²) >= 11 is 1.33. The molecule has 5 aliphatic heterocycles. The zero-order valence-electron chi connectivity index (χ0n) is 37.8. The molecule has 11 rings (SSSR count). The van der Waals surface area contributed by atoms with Crippen LogP contribution < -0.4 is 10.7 Å². The highest BCUT2D eigenvalue weighted by atomic mass is 32.1. The van der Waals surface area contributed by atoms with Crippen LogP contribution >= 0.6 is 11.3 Å². The van der Waals surface area contributed by atoms with E-state index in [0.717, 1.165) is 29.9 Å². The summed E-state index contributed by atoms with van der Waals surface area (Å²) < 4.78 is 52.7. The molecule has 7 aliphatic rings. The smallest absolute Gasteiger partial charge is 0.325 e. The lowest BCUT2D eigenvalue weighted by atomic mass is 9.73. The third-order valence-corrected chi connectivity index (χ3v) is 15.7. The number of cyclic esters (lactones) is 1. The lowest BCUT2D eigenvalue weighted by Crippen LogP contribution is -2.71. The van der Waals surface area contributed by atoms with Gasteiger partial charge in [-0.1, -0.05) is 39.5 Å². The average Bonchev–Trinajstić information content (AvgIpc) is 3.53. The van der Waals surface area contributed by atoms with Gasteiger partial charge in [0.25, 0.3) is 11.8 Å². The van der Waals surface area contributed by atoms with Crippen LogP contribution in [0.15, 0.2) is 29.8 Å². The number of nitrogens with zero attached hydrogens (tertiary/aromatic N) is 5. The van der Waals surface area contributed by atoms with Crippen molar-refractivity contribution in [3.8, 4) is 34.4 Å². The summed E-state index contributed by atoms with van der Waals surface area (Å²) in [6, 6.07) is 3.68. The van der Waals surface area contributed by atoms with Crippen molar-refractivity contribution in [1.29, 1.82) is 0 Å². The number of carbonyl (C=O) groups excluding carboxylic acids is 3. The second-order valence-electron chi connectivity index (χ2n) is 19.9. The first-order valence-corrected chi connectivity index (χ1v) is 23.9. The highest BCUT2D eigenvalue weighted by molar-refractivity contribution is 7.10. The van der Waals surface area contributed by atoms with Crippen molar-refractivity contribution in [2.45, 2.75) is 103 Å². The molecule has 8 bridgehead atoms. The van der Waals surface area contributed by atoms with Gasteiger partial charge < -0.3 is 24.1 Å². The van der Waals surface area contributed by atoms with E-state index in [1.807, 2.05) is 56.7 Å². The van der Waals surface area contributed by atoms with Crippen LogP contribution in [-0.4, -0.2) is 107 Å². The van der Waals surface area contributed by atoms with Crippen LogP contribution in [0, 0.1) is 40.9 Å². The number of methoxy groups -OCH3 is 1. The number of hydrogen-bond acceptors (Lipinski definition) is 11. The number of morpholine rings is 1. The number of hydrazine groups is 1. The summed E-state index contributed by atoms with van der Waals surface area (Å²) in [6.45, 7) is 13.6. The molecule has 65 heavy (non-hydrogen) atoms. The summed E-state index contributed by atoms with van der Waals surface area (Å²) in [5, 5.41) is 7.65. The van der Waals surface area contributed by atoms with Gasteiger partial charge >= 0.3 is 5.97 Å². The molecular formula is C49H57F2N7O6S. The molecule has 2 aliphatic carbocycles. The first-order valence-electron chi connectivity index (χ1n) is 23.0. The van der Waals surface area contributed by atoms with E-state index in [1.54, 1.807) is 19.4 Å². The maximum absolute atomic E-state index is 16.5. The summed E-state index contributed by atoms with van der Waals surface area (Å²) in [5.74, 6) is 2.70. The Morgan fingerprint density at radius 2 is 1.89 bits per heavy atom. The third kappa shape index (κ3) is 8.15. The van der Waals surface area contributed by atoms with Crippen molar-refractivity contribution in [2.24, 2.45) is 29.1 Å². The molecular weight excluding hydrogens is 853 g/mol. The van der Waals surface area contributed by atoms with Crippen molar-refractivity contribution in [1.82, 2.24) is 35.2 Å². The van der Waals surface area contributed by atoms with Gasteiger partial charge in [0.05, 0.1) is 60.1 Å². The van der Waals surface area contributed by atoms with Crippen LogP contribution in [0.2, 0.25) is 0 Å². The van der Waals surface area contributed by atoms with Crippen LogP contribution in [0.5, 0.6) is 0 Å². The number of esters is 1. The van der Waals surface area contributed by atoms with E-state index >= 15 is 8.78 Å². The lowest BCUT2D eigenvalue weighted by molar-refractivity contribution is -0.171. The van der Waals surface area contributed by atoms with Crippen molar-refractivity contribution in [3.05, 3.63) is 57.2 Å². The van der Waals surface area contributed by atoms with Gasteiger partial charge in [-0.15, -0.1) is 11.3 Å². The van der Waals surface area contributed by atoms with Crippen molar-refractivity contribution < 1.29 is 37.4 Å². The monoisotopic (exact) mass is 909 g/mol. The van der Waals surface area contributed by atoms with Crippen molar-refractivity contribution >= 4 is 40.0 Å². The Morgan fingerprint density at radius 3 is 2.63 bits per heavy atom. The van der Waals surface area contributed by atoms with Gasteiger partial charge in [0.2, 0.25) is 5.91 Å². The lowest BCUT2D eigenvalue weighted by Gasteiger charge is -2.53. The largest absolute Gasteiger partial charge is 0.464 e. The maximum Gasteiger partial charge on any atom is 0.325 e. The zero-order valence-corrected chi connectivity index (χ0v) is 38.7. The summed E-state index contributed by atoms with van der Waals surface area (Å²) in [6.07, 6.45) is 2.63. The molecule has 1 unspecified atom stereocenters. The first kappa shape index (κ1) is 44.1. The van der Waals surface area contributed by atoms with Gasteiger partial charge in [-0.25, -0.2) is 19.2 Å². The standard InChI is InChI=1S/C49H57F2N7O6S/c1-26-27(2)40(26)45(59)54-37-21-39-53-38(24-65-39)30-19-33-35(22-48(4,5)25-64-47(61)42-31-17-32(18-31)58(55-42)46(37)60)43(57-11-9-49(50,51)36(20-30)44(33)57)34-16-29(23-52-41(34)28(3)62-6)8-7-10-56-12-14-63-15-13-56/h16,19-20,23-24,26-28,31-32,37,40,42,55H,9-15,17-18,21-22,25H2,1-6H3,(H,54,59)/t26-,27+,28-,31?,32?,37-,40?,42-/m0/s1. The van der Waals surface area contributed by atoms with E-state index in [4.69, 9.17) is 24.2 Å². The van der Waals surface area contributed by atoms with Crippen LogP contribution in [0.1, 0.15) is 87.4 Å². The average molecular weight is 910 g/mol. The summed E-state index contributed by atoms with van der Waals surface area (Å²) in [5.41, 5.74) is 7.58. The van der Waals surface area contributed by atoms with Gasteiger partial charge in [-0.05, 0) is 67.7 Å². The number of amides is 2. The fourth-order valence-electron chi connectivity index (χ4n) is 10.6. The Kier molecular flexibility index (Phi) is 11.4. The first-order chi connectivity index (χ1) is 31.1. The molecule has 6 atom stereocenters. The van der Waals surface area contributed by atoms with E-state index in [1.165, 1.54) is 16.3 Å². The van der Waals surface area contributed by atoms with Crippen molar-refractivity contribution in [2.75, 3.05) is 46.6 Å². The predicted molar refractivity (Wildman–Crippen MR) is 241 cm³/mol. The van der Waals surface area contributed by atoms with Gasteiger partial charge in [0, 0.05) is 96.2 Å². The molecule has 0 spiro atoms. The minimum Gasteiger partial charge on any atom is -0.464 e. The molecule has 3 saturated heterocycles. The van der Waals surface area contributed by atoms with Crippen molar-refractivity contribution in [3.63, 3.8) is 0 Å². The maximum atomic E-state index is 16.5. The molecule has 2 saturated carbocycles. The fourth-order valence-corrected chi connectivity index (χ4v) is 11.4. The number of aromatic nitrogens is 3. The highest BCUT2D eigenvalue weighted by Crippen LogP contribution is 2.50. The normalized spacial score (nSPS) is 28.6. The molecule has 4 aromatic rings. The highest BCUT2D eigenvalue weighted by Gasteiger charge is 2.53. The minimum atomic E-state index is -3.15. The van der Waals surface area contributed by atoms with E-state index in [0.29, 0.717) is 77.4 Å². The Morgan fingerprint density at radius 1 is 1.12 bits per heavy atom. The second kappa shape index (κ2) is 16.8. The number of benzene rings is 1. The van der Waals surface area contributed by atoms with Gasteiger partial charge in [-0.2, -0.15) is 0 Å². The zero-order chi connectivity index (χ0) is 45.5. The SMILES string of the molecule is CO[C@@H](C)c1ncc(C#CCN2CCOCC2)cc1-c1c2c3cc(cc4c3n1CCC4(F)F)-c1csc(n1)C[C@H](NC(=O)C1[C@@H](C)[C@H]1C)C(=O)N1N[C@H](C(=O)OCC(C)(C)C2)C2CC1C2. The summed E-state index contributed by atoms with van der Waals surface area (Å²) in [4.78, 5) is 54.4. The molecule has 8 heterocycles. The molecule has 1 aromatic carbocycles. The van der Waals surface area contributed by atoms with E-state index in [2.05, 4.69) is 27.5 Å². The third-order valence-electron chi connectivity index (χ3n) is 14.8. The van der Waals surface area contributed by atoms with Crippen LogP contribution in [-0.2, 0) is 53.9 Å². The minimum absolute atomic E-state index is 0.00406. The Hall–Kier alpha value is -4.79. The topological polar surface area (TPSA) is 140 Å². The number of carbonyl (C=O) groups is 3. The number of fused-ring (bicyclic) bond motifs is 4. The van der Waals surface area contributed by atoms with Crippen LogP contribution in [0.3, 0.4) is 0 Å². The number of pyridine rings is 1.